The smallest absolute Gasteiger partial charge is 0.281 e. The van der Waals surface area contributed by atoms with Crippen LogP contribution < -0.4 is 0 Å². The van der Waals surface area contributed by atoms with Gasteiger partial charge in [-0.2, -0.15) is 78.7 Å². The summed E-state index contributed by atoms with van der Waals surface area (Å²) in [6.45, 7) is 0. The Kier molecular flexibility index (Phi) is 6.76. The van der Waals surface area contributed by atoms with Gasteiger partial charge in [0.15, 0.2) is 0 Å². The molecular weight excluding hydrogens is 530 g/mol. The Bertz CT molecular complexity index is 783. The molecule has 0 aromatic rings. The molecule has 3 nitrogen and oxygen atoms in total. The van der Waals surface area contributed by atoms with E-state index in [4.69, 9.17) is 4.55 Å². The van der Waals surface area contributed by atoms with E-state index in [1.807, 2.05) is 0 Å². The molecule has 0 unspecified atom stereocenters. The van der Waals surface area contributed by atoms with Gasteiger partial charge in [0.1, 0.15) is 0 Å². The lowest BCUT2D eigenvalue weighted by molar-refractivity contribution is -0.453. The van der Waals surface area contributed by atoms with Crippen LogP contribution in [0.25, 0.3) is 0 Å². The fourth-order valence-corrected chi connectivity index (χ4v) is 1.93. The standard InChI is InChI=1S/C9H2F18O3S/c10-1(11)2(12,13)3(14,15)4(16,17)5(18,19)6(20,21)7(22,23)8(24,25)9(26,27)31(28,29)30/h1H,(H,28,29,30). The van der Waals surface area contributed by atoms with Gasteiger partial charge in [-0.1, -0.05) is 0 Å². The molecule has 0 radical (unpaired) electrons. The zero-order chi connectivity index (χ0) is 26.1. The van der Waals surface area contributed by atoms with Crippen LogP contribution in [0.15, 0.2) is 0 Å². The number of halogens is 18. The SMILES string of the molecule is O=S(=O)(O)C(F)(F)C(F)(F)C(F)(F)C(F)(F)C(F)(F)C(F)(F)C(F)(F)C(F)(F)C(F)F. The van der Waals surface area contributed by atoms with Gasteiger partial charge in [-0.3, -0.25) is 4.55 Å². The van der Waals surface area contributed by atoms with E-state index in [0.717, 1.165) is 0 Å². The average Bonchev–Trinajstić information content (AvgIpc) is 2.52. The van der Waals surface area contributed by atoms with Gasteiger partial charge in [-0.25, -0.2) is 8.78 Å². The molecule has 0 amide bonds. The summed E-state index contributed by atoms with van der Waals surface area (Å²) in [7, 11) is -7.94. The molecule has 0 rings (SSSR count). The Morgan fingerprint density at radius 1 is 0.484 bits per heavy atom. The molecule has 0 aliphatic heterocycles. The zero-order valence-corrected chi connectivity index (χ0v) is 13.9. The van der Waals surface area contributed by atoms with E-state index in [0.29, 0.717) is 0 Å². The Morgan fingerprint density at radius 2 is 0.710 bits per heavy atom. The van der Waals surface area contributed by atoms with Crippen molar-refractivity contribution in [1.82, 2.24) is 0 Å². The molecule has 0 atom stereocenters. The summed E-state index contributed by atoms with van der Waals surface area (Å²) < 4.78 is 258. The molecule has 1 N–H and O–H groups in total. The highest BCUT2D eigenvalue weighted by Gasteiger charge is 2.96. The summed E-state index contributed by atoms with van der Waals surface area (Å²) in [5, 5.41) is -7.90. The van der Waals surface area contributed by atoms with Gasteiger partial charge < -0.3 is 0 Å². The topological polar surface area (TPSA) is 54.4 Å². The maximum atomic E-state index is 13.2. The molecule has 0 aliphatic carbocycles. The van der Waals surface area contributed by atoms with E-state index in [2.05, 4.69) is 0 Å². The largest absolute Gasteiger partial charge is 0.438 e. The van der Waals surface area contributed by atoms with E-state index in [-0.39, 0.29) is 0 Å². The third kappa shape index (κ3) is 3.46. The van der Waals surface area contributed by atoms with Gasteiger partial charge in [-0.15, -0.1) is 0 Å². The molecule has 0 fully saturated rings. The van der Waals surface area contributed by atoms with E-state index in [9.17, 15) is 87.4 Å². The summed E-state index contributed by atoms with van der Waals surface area (Å²) in [4.78, 5) is 0. The minimum absolute atomic E-state index is 6.08. The van der Waals surface area contributed by atoms with E-state index >= 15 is 0 Å². The van der Waals surface area contributed by atoms with Crippen LogP contribution in [0, 0.1) is 0 Å². The Hall–Kier alpha value is -1.35. The lowest BCUT2D eigenvalue weighted by Crippen LogP contribution is -2.75. The fraction of sp³-hybridized carbons (Fsp3) is 1.00. The highest BCUT2D eigenvalue weighted by Crippen LogP contribution is 2.64. The van der Waals surface area contributed by atoms with Crippen LogP contribution >= 0.6 is 0 Å². The molecule has 0 heterocycles. The zero-order valence-electron chi connectivity index (χ0n) is 13.1. The van der Waals surface area contributed by atoms with Crippen LogP contribution in [-0.2, 0) is 10.1 Å². The summed E-state index contributed by atoms with van der Waals surface area (Å²) >= 11 is 0. The van der Waals surface area contributed by atoms with Crippen molar-refractivity contribution in [2.75, 3.05) is 0 Å². The van der Waals surface area contributed by atoms with Crippen LogP contribution in [0.5, 0.6) is 0 Å². The lowest BCUT2D eigenvalue weighted by atomic mass is 9.89. The van der Waals surface area contributed by atoms with Crippen molar-refractivity contribution in [2.24, 2.45) is 0 Å². The summed E-state index contributed by atoms with van der Waals surface area (Å²) in [6, 6.07) is 0. The minimum Gasteiger partial charge on any atom is -0.281 e. The van der Waals surface area contributed by atoms with Crippen LogP contribution in [0.1, 0.15) is 0 Å². The third-order valence-electron chi connectivity index (χ3n) is 3.35. The first-order valence-corrected chi connectivity index (χ1v) is 7.66. The van der Waals surface area contributed by atoms with Crippen LogP contribution in [-0.4, -0.2) is 66.1 Å². The van der Waals surface area contributed by atoms with Crippen molar-refractivity contribution >= 4 is 10.1 Å². The summed E-state index contributed by atoms with van der Waals surface area (Å²) in [5.41, 5.74) is 0. The highest BCUT2D eigenvalue weighted by molar-refractivity contribution is 7.87. The molecule has 31 heavy (non-hydrogen) atoms. The van der Waals surface area contributed by atoms with E-state index in [1.165, 1.54) is 0 Å². The number of rotatable bonds is 9. The second kappa shape index (κ2) is 7.07. The predicted molar refractivity (Wildman–Crippen MR) is 57.1 cm³/mol. The van der Waals surface area contributed by atoms with Gasteiger partial charge in [0.05, 0.1) is 0 Å². The molecule has 0 aromatic carbocycles. The Labute approximate surface area is 156 Å². The fourth-order valence-electron chi connectivity index (χ4n) is 1.48. The first-order chi connectivity index (χ1) is 12.9. The Balaban J connectivity index is 6.98. The predicted octanol–water partition coefficient (Wildman–Crippen LogP) is 5.18. The Morgan fingerprint density at radius 3 is 0.935 bits per heavy atom. The van der Waals surface area contributed by atoms with Crippen molar-refractivity contribution in [2.45, 2.75) is 53.1 Å². The van der Waals surface area contributed by atoms with Crippen molar-refractivity contribution in [3.8, 4) is 0 Å². The monoisotopic (exact) mass is 532 g/mol. The molecule has 0 spiro atoms. The van der Waals surface area contributed by atoms with Crippen LogP contribution in [0.2, 0.25) is 0 Å². The first-order valence-electron chi connectivity index (χ1n) is 6.22. The van der Waals surface area contributed by atoms with Gasteiger partial charge >= 0.3 is 63.3 Å². The van der Waals surface area contributed by atoms with Crippen molar-refractivity contribution in [1.29, 1.82) is 0 Å². The van der Waals surface area contributed by atoms with Gasteiger partial charge in [0.25, 0.3) is 0 Å². The molecular formula is C9H2F18O3S. The van der Waals surface area contributed by atoms with Crippen molar-refractivity contribution in [3.63, 3.8) is 0 Å². The van der Waals surface area contributed by atoms with E-state index in [1.54, 1.807) is 0 Å². The first kappa shape index (κ1) is 29.7. The average molecular weight is 532 g/mol. The molecule has 0 aliphatic rings. The van der Waals surface area contributed by atoms with E-state index < -0.39 is 63.3 Å². The summed E-state index contributed by atoms with van der Waals surface area (Å²) in [6.07, 6.45) is -6.08. The number of hydrogen-bond acceptors (Lipinski definition) is 2. The van der Waals surface area contributed by atoms with Gasteiger partial charge in [0, 0.05) is 0 Å². The van der Waals surface area contributed by atoms with Gasteiger partial charge in [-0.05, 0) is 0 Å². The van der Waals surface area contributed by atoms with Crippen molar-refractivity contribution in [3.05, 3.63) is 0 Å². The summed E-state index contributed by atoms with van der Waals surface area (Å²) in [5.74, 6) is -60.2. The normalized spacial score (nSPS) is 16.8. The quantitative estimate of drug-likeness (QED) is 0.329. The third-order valence-corrected chi connectivity index (χ3v) is 4.26. The molecule has 0 bridgehead atoms. The molecule has 0 saturated heterocycles. The second-order valence-electron chi connectivity index (χ2n) is 5.36. The second-order valence-corrected chi connectivity index (χ2v) is 6.82. The number of hydrogen-bond donors (Lipinski definition) is 1. The molecule has 0 aromatic heterocycles. The van der Waals surface area contributed by atoms with Crippen LogP contribution in [0.3, 0.4) is 0 Å². The van der Waals surface area contributed by atoms with Crippen molar-refractivity contribution < 1.29 is 92.0 Å². The number of alkyl halides is 18. The van der Waals surface area contributed by atoms with Gasteiger partial charge in [0.2, 0.25) is 0 Å². The minimum atomic E-state index is -8.98. The maximum Gasteiger partial charge on any atom is 0.438 e. The highest BCUT2D eigenvalue weighted by atomic mass is 32.2. The maximum absolute atomic E-state index is 13.2. The molecule has 188 valence electrons. The lowest BCUT2D eigenvalue weighted by Gasteiger charge is -2.43. The van der Waals surface area contributed by atoms with Crippen LogP contribution in [0.4, 0.5) is 79.0 Å². The molecule has 0 saturated carbocycles. The molecule has 22 heteroatoms.